The number of carbonyl (C=O) groups excluding carboxylic acids is 8. The van der Waals surface area contributed by atoms with Crippen molar-refractivity contribution >= 4 is 85.8 Å². The molecule has 0 saturated carbocycles. The predicted molar refractivity (Wildman–Crippen MR) is 383 cm³/mol. The number of nitrogens with one attached hydrogen (secondary N) is 2. The van der Waals surface area contributed by atoms with Gasteiger partial charge in [-0.25, -0.2) is 28.1 Å². The van der Waals surface area contributed by atoms with E-state index in [1.807, 2.05) is 12.1 Å². The van der Waals surface area contributed by atoms with Crippen LogP contribution in [-0.2, 0) is 84.8 Å². The van der Waals surface area contributed by atoms with Crippen LogP contribution in [0.4, 0.5) is 11.6 Å². The molecule has 2 amide bonds. The number of fused-ring (bicyclic) bond motifs is 2. The van der Waals surface area contributed by atoms with E-state index in [4.69, 9.17) is 67.5 Å². The van der Waals surface area contributed by atoms with E-state index in [-0.39, 0.29) is 46.3 Å². The van der Waals surface area contributed by atoms with Gasteiger partial charge in [-0.1, -0.05) is 55.4 Å². The lowest BCUT2D eigenvalue weighted by molar-refractivity contribution is -0.173. The summed E-state index contributed by atoms with van der Waals surface area (Å²) >= 11 is 0. The SMILES string of the molecule is CC(C)OC(=O)[C@H](C)N[P@@](=O)(OC[C@@]1(C#N)O[C@@H](c2ccc3c(N)ncnn23)[C@H](OC(=O)C(C)C)[C@@H]1OC(=O)C(C)C)Oc1ccc(C(=O)N(C)C)cc1.CC(C)OC(=O)[C@H](C)N[P@](=O)(OC[C@@]1(C#N)O[C@@H](c2ccc3c(N)ncnn23)[C@H](OC(=O)C(C)C)[C@@H]1OC(=O)C(C)C)Oc1ccc(C(=O)N(C)C)cc1. The first-order valence-electron chi connectivity index (χ1n) is 34.3. The highest BCUT2D eigenvalue weighted by Gasteiger charge is 2.64. The van der Waals surface area contributed by atoms with Gasteiger partial charge < -0.3 is 68.2 Å². The highest BCUT2D eigenvalue weighted by Crippen LogP contribution is 2.53. The number of hydrogen-bond donors (Lipinski definition) is 4. The van der Waals surface area contributed by atoms with Crippen molar-refractivity contribution in [1.29, 1.82) is 10.5 Å². The molecule has 6 aromatic rings. The summed E-state index contributed by atoms with van der Waals surface area (Å²) in [7, 11) is -3.06. The van der Waals surface area contributed by atoms with E-state index >= 15 is 0 Å². The Labute approximate surface area is 623 Å². The highest BCUT2D eigenvalue weighted by atomic mass is 31.2. The average molecular weight is 1540 g/mol. The van der Waals surface area contributed by atoms with Gasteiger partial charge in [0.05, 0.1) is 47.3 Å². The second-order valence-corrected chi connectivity index (χ2v) is 30.9. The fourth-order valence-electron chi connectivity index (χ4n) is 10.4. The molecule has 4 aromatic heterocycles. The van der Waals surface area contributed by atoms with Crippen molar-refractivity contribution in [2.45, 2.75) is 169 Å². The van der Waals surface area contributed by atoms with E-state index in [0.717, 1.165) is 0 Å². The van der Waals surface area contributed by atoms with Crippen molar-refractivity contribution in [3.63, 3.8) is 0 Å². The number of esters is 6. The molecule has 8 rings (SSSR count). The number of rotatable bonds is 30. The van der Waals surface area contributed by atoms with Gasteiger partial charge in [-0.3, -0.25) is 47.4 Å². The summed E-state index contributed by atoms with van der Waals surface area (Å²) < 4.78 is 102. The largest absolute Gasteiger partial charge is 0.462 e. The quantitative estimate of drug-likeness (QED) is 0.0196. The molecule has 38 heteroatoms. The summed E-state index contributed by atoms with van der Waals surface area (Å²) in [5, 5.41) is 35.3. The molecule has 2 aliphatic rings. The number of benzene rings is 2. The van der Waals surface area contributed by atoms with Crippen molar-refractivity contribution in [3.05, 3.63) is 108 Å². The summed E-state index contributed by atoms with van der Waals surface area (Å²) in [4.78, 5) is 114. The third-order valence-electron chi connectivity index (χ3n) is 16.1. The summed E-state index contributed by atoms with van der Waals surface area (Å²) in [5.74, 6) is -7.63. The fourth-order valence-corrected chi connectivity index (χ4v) is 13.5. The molecule has 0 aliphatic carbocycles. The van der Waals surface area contributed by atoms with E-state index in [2.05, 4.69) is 30.3 Å². The molecule has 6 heterocycles. The molecule has 0 unspecified atom stereocenters. The van der Waals surface area contributed by atoms with Crippen LogP contribution in [0.3, 0.4) is 0 Å². The Hall–Kier alpha value is -10.2. The summed E-state index contributed by atoms with van der Waals surface area (Å²) in [6, 6.07) is 19.0. The summed E-state index contributed by atoms with van der Waals surface area (Å²) in [6.07, 6.45) is -7.54. The number of nitrogens with two attached hydrogens (primary N) is 2. The maximum atomic E-state index is 14.6. The van der Waals surface area contributed by atoms with Crippen LogP contribution in [0.2, 0.25) is 0 Å². The van der Waals surface area contributed by atoms with E-state index in [9.17, 15) is 58.0 Å². The van der Waals surface area contributed by atoms with Crippen LogP contribution in [0.25, 0.3) is 11.0 Å². The first-order chi connectivity index (χ1) is 50.6. The molecule has 2 fully saturated rings. The Balaban J connectivity index is 0.000000301. The van der Waals surface area contributed by atoms with Crippen LogP contribution in [-0.4, -0.2) is 188 Å². The second kappa shape index (κ2) is 35.7. The molecule has 584 valence electrons. The van der Waals surface area contributed by atoms with Crippen LogP contribution in [0.15, 0.2) is 85.5 Å². The van der Waals surface area contributed by atoms with Gasteiger partial charge in [0.1, 0.15) is 84.8 Å². The van der Waals surface area contributed by atoms with Crippen LogP contribution in [0, 0.1) is 46.3 Å². The molecule has 2 aromatic carbocycles. The third-order valence-corrected chi connectivity index (χ3v) is 19.4. The Morgan fingerprint density at radius 3 is 1.10 bits per heavy atom. The number of anilines is 2. The Kier molecular flexibility index (Phi) is 28.1. The summed E-state index contributed by atoms with van der Waals surface area (Å²) in [5.41, 5.74) is 9.35. The first-order valence-corrected chi connectivity index (χ1v) is 37.4. The van der Waals surface area contributed by atoms with Crippen LogP contribution in [0.5, 0.6) is 11.5 Å². The van der Waals surface area contributed by atoms with Crippen molar-refractivity contribution in [3.8, 4) is 23.6 Å². The van der Waals surface area contributed by atoms with Gasteiger partial charge in [-0.15, -0.1) is 0 Å². The van der Waals surface area contributed by atoms with Gasteiger partial charge in [-0.05, 0) is 114 Å². The number of carbonyl (C=O) groups is 8. The standard InChI is InChI=1S/2C35H46N7O11P/c2*1-19(2)32(44)50-28-27(25-14-15-26-30(37)38-18-39-42(25)26)52-35(16-36,29(28)51-33(45)20(3)4)17-48-54(47,40-22(7)34(46)49-21(5)6)53-24-12-10-23(11-13-24)31(43)41(8)9/h2*10-15,18-22,27-29H,17H2,1-9H3,(H,40,47)(H2,37,38,39)/t22-,27-,28-,29-,35+,54+;22-,27-,28-,29-,35+,54-/m00/s1. The number of nitrogens with zero attached hydrogens (tertiary/aromatic N) is 10. The number of nitrogen functional groups attached to an aromatic ring is 2. The van der Waals surface area contributed by atoms with Crippen molar-refractivity contribution in [2.24, 2.45) is 23.7 Å². The molecule has 0 radical (unpaired) electrons. The zero-order valence-corrected chi connectivity index (χ0v) is 64.9. The molecule has 12 atom stereocenters. The number of aromatic nitrogens is 6. The van der Waals surface area contributed by atoms with Gasteiger partial charge in [0.2, 0.25) is 11.2 Å². The lowest BCUT2D eigenvalue weighted by Crippen LogP contribution is -2.50. The van der Waals surface area contributed by atoms with Crippen molar-refractivity contribution < 1.29 is 103 Å². The predicted octanol–water partition coefficient (Wildman–Crippen LogP) is 7.23. The Bertz CT molecular complexity index is 4160. The molecule has 2 saturated heterocycles. The lowest BCUT2D eigenvalue weighted by Gasteiger charge is -2.31. The third kappa shape index (κ3) is 20.3. The van der Waals surface area contributed by atoms with Crippen LogP contribution in [0.1, 0.15) is 141 Å². The number of hydrogen-bond acceptors (Lipinski definition) is 30. The maximum Gasteiger partial charge on any atom is 0.459 e. The molecule has 0 bridgehead atoms. The van der Waals surface area contributed by atoms with E-state index < -0.39 is 160 Å². The zero-order chi connectivity index (χ0) is 80.2. The average Bonchev–Trinajstić information content (AvgIpc) is 1.59. The van der Waals surface area contributed by atoms with Gasteiger partial charge >= 0.3 is 51.3 Å². The molecular weight excluding hydrogens is 1450 g/mol. The normalized spacial score (nSPS) is 21.4. The smallest absolute Gasteiger partial charge is 0.459 e. The van der Waals surface area contributed by atoms with Gasteiger partial charge in [0.15, 0.2) is 36.1 Å². The topological polar surface area (TPSA) is 472 Å². The van der Waals surface area contributed by atoms with Gasteiger partial charge in [0.25, 0.3) is 11.8 Å². The molecule has 2 aliphatic heterocycles. The van der Waals surface area contributed by atoms with Gasteiger partial charge in [-0.2, -0.15) is 30.9 Å². The number of nitriles is 2. The minimum Gasteiger partial charge on any atom is -0.462 e. The highest BCUT2D eigenvalue weighted by molar-refractivity contribution is 7.52. The number of amides is 2. The minimum atomic E-state index is -4.70. The second-order valence-electron chi connectivity index (χ2n) is 27.5. The monoisotopic (exact) mass is 1540 g/mol. The molecule has 36 nitrogen and oxygen atoms in total. The van der Waals surface area contributed by atoms with Gasteiger partial charge in [0, 0.05) is 39.3 Å². The van der Waals surface area contributed by atoms with Crippen LogP contribution < -0.4 is 30.7 Å². The molecule has 0 spiro atoms. The first kappa shape index (κ1) is 85.1. The van der Waals surface area contributed by atoms with E-state index in [1.165, 1.54) is 93.9 Å². The zero-order valence-electron chi connectivity index (χ0n) is 63.1. The lowest BCUT2D eigenvalue weighted by atomic mass is 9.95. The van der Waals surface area contributed by atoms with Crippen LogP contribution >= 0.6 is 15.5 Å². The Morgan fingerprint density at radius 2 is 0.815 bits per heavy atom. The molecular formula is C70H92N14O22P2. The van der Waals surface area contributed by atoms with Crippen molar-refractivity contribution in [1.82, 2.24) is 49.2 Å². The fraction of sp³-hybridized carbons (Fsp3) is 0.514. The van der Waals surface area contributed by atoms with Crippen molar-refractivity contribution in [2.75, 3.05) is 52.9 Å². The maximum absolute atomic E-state index is 14.6. The van der Waals surface area contributed by atoms with E-state index in [1.54, 1.807) is 136 Å². The van der Waals surface area contributed by atoms with E-state index in [0.29, 0.717) is 22.2 Å². The number of ether oxygens (including phenoxy) is 8. The Morgan fingerprint density at radius 1 is 0.500 bits per heavy atom. The minimum absolute atomic E-state index is 0.0368. The molecule has 6 N–H and O–H groups in total. The summed E-state index contributed by atoms with van der Waals surface area (Å²) in [6.45, 7) is 20.1. The molecule has 108 heavy (non-hydrogen) atoms.